The van der Waals surface area contributed by atoms with Crippen molar-refractivity contribution in [1.82, 2.24) is 9.29 Å². The van der Waals surface area contributed by atoms with E-state index in [9.17, 15) is 8.42 Å². The SMILES string of the molecule is CSCC(C)N(C)S(=O)(=O)c1cnccc1N. The zero-order valence-electron chi connectivity index (χ0n) is 10.1. The van der Waals surface area contributed by atoms with E-state index < -0.39 is 10.0 Å². The maximum absolute atomic E-state index is 12.3. The Kier molecular flexibility index (Phi) is 4.79. The van der Waals surface area contributed by atoms with E-state index in [1.807, 2.05) is 13.2 Å². The highest BCUT2D eigenvalue weighted by molar-refractivity contribution is 7.98. The Morgan fingerprint density at radius 3 is 2.76 bits per heavy atom. The largest absolute Gasteiger partial charge is 0.398 e. The van der Waals surface area contributed by atoms with Gasteiger partial charge < -0.3 is 5.73 Å². The first-order valence-corrected chi connectivity index (χ1v) is 7.91. The molecule has 7 heteroatoms. The summed E-state index contributed by atoms with van der Waals surface area (Å²) in [6.45, 7) is 1.86. The van der Waals surface area contributed by atoms with Crippen LogP contribution in [-0.4, -0.2) is 42.8 Å². The molecular weight excluding hydrogens is 258 g/mol. The monoisotopic (exact) mass is 275 g/mol. The molecule has 0 fully saturated rings. The maximum Gasteiger partial charge on any atom is 0.246 e. The van der Waals surface area contributed by atoms with Gasteiger partial charge in [0, 0.05) is 31.2 Å². The highest BCUT2D eigenvalue weighted by atomic mass is 32.2. The van der Waals surface area contributed by atoms with Crippen LogP contribution in [0.5, 0.6) is 0 Å². The summed E-state index contributed by atoms with van der Waals surface area (Å²) in [4.78, 5) is 3.87. The average Bonchev–Trinajstić information content (AvgIpc) is 2.28. The molecule has 96 valence electrons. The number of nitrogens with two attached hydrogens (primary N) is 1. The van der Waals surface area contributed by atoms with Crippen molar-refractivity contribution in [2.24, 2.45) is 0 Å². The number of hydrogen-bond acceptors (Lipinski definition) is 5. The van der Waals surface area contributed by atoms with Crippen LogP contribution in [0.3, 0.4) is 0 Å². The molecule has 1 heterocycles. The van der Waals surface area contributed by atoms with Crippen molar-refractivity contribution in [3.63, 3.8) is 0 Å². The van der Waals surface area contributed by atoms with E-state index in [1.165, 1.54) is 22.8 Å². The molecule has 0 amide bonds. The van der Waals surface area contributed by atoms with Gasteiger partial charge in [-0.25, -0.2) is 8.42 Å². The van der Waals surface area contributed by atoms with Gasteiger partial charge >= 0.3 is 0 Å². The normalized spacial score (nSPS) is 13.9. The number of aromatic nitrogens is 1. The number of thioether (sulfide) groups is 1. The van der Waals surface area contributed by atoms with Crippen molar-refractivity contribution in [2.45, 2.75) is 17.9 Å². The van der Waals surface area contributed by atoms with Crippen molar-refractivity contribution >= 4 is 27.5 Å². The van der Waals surface area contributed by atoms with Crippen molar-refractivity contribution in [3.05, 3.63) is 18.5 Å². The molecule has 1 aromatic rings. The predicted molar refractivity (Wildman–Crippen MR) is 71.4 cm³/mol. The fraction of sp³-hybridized carbons (Fsp3) is 0.500. The molecule has 0 saturated heterocycles. The second-order valence-corrected chi connectivity index (χ2v) is 6.62. The van der Waals surface area contributed by atoms with Crippen molar-refractivity contribution in [2.75, 3.05) is 24.8 Å². The number of nitrogen functional groups attached to an aromatic ring is 1. The molecule has 0 aromatic carbocycles. The molecule has 1 rings (SSSR count). The summed E-state index contributed by atoms with van der Waals surface area (Å²) in [5.41, 5.74) is 5.89. The summed E-state index contributed by atoms with van der Waals surface area (Å²) >= 11 is 1.60. The van der Waals surface area contributed by atoms with E-state index in [2.05, 4.69) is 4.98 Å². The molecule has 0 aliphatic carbocycles. The van der Waals surface area contributed by atoms with E-state index >= 15 is 0 Å². The van der Waals surface area contributed by atoms with E-state index in [-0.39, 0.29) is 16.6 Å². The van der Waals surface area contributed by atoms with Gasteiger partial charge in [0.15, 0.2) is 0 Å². The lowest BCUT2D eigenvalue weighted by Gasteiger charge is -2.24. The summed E-state index contributed by atoms with van der Waals surface area (Å²) in [7, 11) is -2.00. The summed E-state index contributed by atoms with van der Waals surface area (Å²) in [6, 6.07) is 1.40. The summed E-state index contributed by atoms with van der Waals surface area (Å²) in [5.74, 6) is 0.732. The van der Waals surface area contributed by atoms with Crippen molar-refractivity contribution in [3.8, 4) is 0 Å². The summed E-state index contributed by atoms with van der Waals surface area (Å²) in [6.07, 6.45) is 4.70. The number of pyridine rings is 1. The highest BCUT2D eigenvalue weighted by Crippen LogP contribution is 2.22. The van der Waals surface area contributed by atoms with E-state index in [0.717, 1.165) is 5.75 Å². The van der Waals surface area contributed by atoms with Crippen LogP contribution in [0.4, 0.5) is 5.69 Å². The van der Waals surface area contributed by atoms with E-state index in [4.69, 9.17) is 5.73 Å². The van der Waals surface area contributed by atoms with Crippen LogP contribution < -0.4 is 5.73 Å². The van der Waals surface area contributed by atoms with Gasteiger partial charge in [-0.3, -0.25) is 4.98 Å². The van der Waals surface area contributed by atoms with Crippen molar-refractivity contribution < 1.29 is 8.42 Å². The molecule has 0 aliphatic heterocycles. The summed E-state index contributed by atoms with van der Waals surface area (Å²) in [5, 5.41) is 0. The molecule has 1 unspecified atom stereocenters. The molecule has 5 nitrogen and oxygen atoms in total. The predicted octanol–water partition coefficient (Wildman–Crippen LogP) is 1.04. The van der Waals surface area contributed by atoms with Crippen LogP contribution in [0.1, 0.15) is 6.92 Å². The fourth-order valence-electron chi connectivity index (χ4n) is 1.34. The standard InChI is InChI=1S/C10H17N3O2S2/c1-8(7-16-3)13(2)17(14,15)10-6-12-5-4-9(10)11/h4-6,8H,7H2,1-3H3,(H2,11,12). The van der Waals surface area contributed by atoms with Crippen LogP contribution in [-0.2, 0) is 10.0 Å². The van der Waals surface area contributed by atoms with Gasteiger partial charge in [-0.05, 0) is 19.2 Å². The minimum atomic E-state index is -3.56. The molecule has 17 heavy (non-hydrogen) atoms. The highest BCUT2D eigenvalue weighted by Gasteiger charge is 2.27. The average molecular weight is 275 g/mol. The Bertz CT molecular complexity index is 476. The van der Waals surface area contributed by atoms with Crippen LogP contribution in [0.2, 0.25) is 0 Å². The Morgan fingerprint density at radius 2 is 2.24 bits per heavy atom. The van der Waals surface area contributed by atoms with Crippen LogP contribution in [0.15, 0.2) is 23.4 Å². The quantitative estimate of drug-likeness (QED) is 0.868. The Balaban J connectivity index is 3.08. The summed E-state index contributed by atoms with van der Waals surface area (Å²) < 4.78 is 25.9. The number of rotatable bonds is 5. The second-order valence-electron chi connectivity index (χ2n) is 3.74. The molecule has 0 bridgehead atoms. The third-order valence-corrected chi connectivity index (χ3v) is 5.33. The third-order valence-electron chi connectivity index (χ3n) is 2.50. The number of nitrogens with zero attached hydrogens (tertiary/aromatic N) is 2. The molecule has 0 aliphatic rings. The van der Waals surface area contributed by atoms with Crippen molar-refractivity contribution in [1.29, 1.82) is 0 Å². The molecule has 2 N–H and O–H groups in total. The Hall–Kier alpha value is -0.790. The minimum absolute atomic E-state index is 0.0652. The zero-order chi connectivity index (χ0) is 13.1. The first kappa shape index (κ1) is 14.3. The first-order valence-electron chi connectivity index (χ1n) is 5.07. The third kappa shape index (κ3) is 3.11. The van der Waals surface area contributed by atoms with Crippen LogP contribution in [0.25, 0.3) is 0 Å². The lowest BCUT2D eigenvalue weighted by atomic mass is 10.4. The second kappa shape index (κ2) is 5.70. The lowest BCUT2D eigenvalue weighted by Crippen LogP contribution is -2.36. The zero-order valence-corrected chi connectivity index (χ0v) is 11.8. The smallest absolute Gasteiger partial charge is 0.246 e. The number of anilines is 1. The van der Waals surface area contributed by atoms with E-state index in [0.29, 0.717) is 0 Å². The fourth-order valence-corrected chi connectivity index (χ4v) is 3.56. The van der Waals surface area contributed by atoms with Gasteiger partial charge in [-0.2, -0.15) is 16.1 Å². The molecular formula is C10H17N3O2S2. The van der Waals surface area contributed by atoms with E-state index in [1.54, 1.807) is 18.8 Å². The Labute approximate surface area is 106 Å². The maximum atomic E-state index is 12.3. The molecule has 1 aromatic heterocycles. The van der Waals surface area contributed by atoms with Gasteiger partial charge in [0.25, 0.3) is 0 Å². The van der Waals surface area contributed by atoms with Crippen LogP contribution >= 0.6 is 11.8 Å². The molecule has 0 spiro atoms. The van der Waals surface area contributed by atoms with Gasteiger partial charge in [0.1, 0.15) is 4.90 Å². The van der Waals surface area contributed by atoms with Gasteiger partial charge in [0.2, 0.25) is 10.0 Å². The number of hydrogen-bond donors (Lipinski definition) is 1. The van der Waals surface area contributed by atoms with Gasteiger partial charge in [-0.1, -0.05) is 0 Å². The Morgan fingerprint density at radius 1 is 1.59 bits per heavy atom. The van der Waals surface area contributed by atoms with Crippen LogP contribution in [0, 0.1) is 0 Å². The minimum Gasteiger partial charge on any atom is -0.398 e. The first-order chi connectivity index (χ1) is 7.91. The molecule has 0 radical (unpaired) electrons. The molecule has 1 atom stereocenters. The lowest BCUT2D eigenvalue weighted by molar-refractivity contribution is 0.415. The molecule has 0 saturated carbocycles. The number of sulfonamides is 1. The van der Waals surface area contributed by atoms with Gasteiger partial charge in [-0.15, -0.1) is 0 Å². The van der Waals surface area contributed by atoms with Gasteiger partial charge in [0.05, 0.1) is 5.69 Å². The topological polar surface area (TPSA) is 76.3 Å².